The van der Waals surface area contributed by atoms with Gasteiger partial charge in [-0.2, -0.15) is 5.21 Å². The number of benzene rings is 2. The van der Waals surface area contributed by atoms with E-state index < -0.39 is 0 Å². The van der Waals surface area contributed by atoms with E-state index >= 15 is 0 Å². The van der Waals surface area contributed by atoms with Gasteiger partial charge in [-0.3, -0.25) is 4.79 Å². The molecule has 0 aliphatic carbocycles. The molecule has 0 fully saturated rings. The highest BCUT2D eigenvalue weighted by atomic mass is 16.5. The zero-order chi connectivity index (χ0) is 23.6. The summed E-state index contributed by atoms with van der Waals surface area (Å²) >= 11 is 0. The Balaban J connectivity index is 1.49. The summed E-state index contributed by atoms with van der Waals surface area (Å²) in [5.74, 6) is 2.18. The molecule has 1 aromatic heterocycles. The number of tetrazole rings is 1. The Morgan fingerprint density at radius 1 is 1.12 bits per heavy atom. The minimum Gasteiger partial charge on any atom is -0.507 e. The van der Waals surface area contributed by atoms with Gasteiger partial charge >= 0.3 is 0 Å². The third-order valence-corrected chi connectivity index (χ3v) is 5.14. The van der Waals surface area contributed by atoms with Crippen molar-refractivity contribution in [3.63, 3.8) is 0 Å². The lowest BCUT2D eigenvalue weighted by atomic mass is 9.96. The van der Waals surface area contributed by atoms with Crippen LogP contribution in [0.15, 0.2) is 36.4 Å². The van der Waals surface area contributed by atoms with E-state index in [1.54, 1.807) is 12.1 Å². The summed E-state index contributed by atoms with van der Waals surface area (Å²) < 4.78 is 11.8. The van der Waals surface area contributed by atoms with Crippen molar-refractivity contribution in [2.24, 2.45) is 5.92 Å². The Kier molecular flexibility index (Phi) is 8.80. The molecular formula is C25H32N4O4. The molecule has 0 radical (unpaired) electrons. The molecule has 2 aromatic carbocycles. The molecule has 0 aliphatic heterocycles. The molecule has 0 bridgehead atoms. The highest BCUT2D eigenvalue weighted by molar-refractivity contribution is 5.99. The number of unbranched alkanes of at least 4 members (excludes halogenated alkanes) is 1. The summed E-state index contributed by atoms with van der Waals surface area (Å²) in [5.41, 5.74) is 1.93. The van der Waals surface area contributed by atoms with Crippen LogP contribution >= 0.6 is 0 Å². The molecule has 3 aromatic rings. The van der Waals surface area contributed by atoms with Crippen LogP contribution in [0.25, 0.3) is 11.4 Å². The number of nitrogens with one attached hydrogen (secondary N) is 1. The lowest BCUT2D eigenvalue weighted by Crippen LogP contribution is -2.07. The van der Waals surface area contributed by atoms with Crippen LogP contribution in [-0.4, -0.2) is 44.7 Å². The number of ether oxygens (including phenoxy) is 2. The number of nitrogens with zero attached hydrogens (tertiary/aromatic N) is 3. The number of aromatic amines is 1. The van der Waals surface area contributed by atoms with Crippen molar-refractivity contribution >= 4 is 5.78 Å². The number of phenols is 1. The summed E-state index contributed by atoms with van der Waals surface area (Å²) in [6, 6.07) is 11.0. The highest BCUT2D eigenvalue weighted by Gasteiger charge is 2.19. The van der Waals surface area contributed by atoms with Crippen molar-refractivity contribution in [3.05, 3.63) is 47.5 Å². The molecule has 2 N–H and O–H groups in total. The zero-order valence-corrected chi connectivity index (χ0v) is 19.5. The number of phenolic OH excluding ortho intramolecular Hbond substituents is 1. The topological polar surface area (TPSA) is 110 Å². The summed E-state index contributed by atoms with van der Waals surface area (Å²) in [7, 11) is 0. The molecule has 8 heteroatoms. The van der Waals surface area contributed by atoms with E-state index in [0.29, 0.717) is 48.8 Å². The van der Waals surface area contributed by atoms with Gasteiger partial charge in [0.2, 0.25) is 5.82 Å². The molecule has 176 valence electrons. The number of carbonyl (C=O) groups is 1. The molecule has 0 saturated heterocycles. The Bertz CT molecular complexity index is 1030. The average molecular weight is 453 g/mol. The number of hydrogen-bond donors (Lipinski definition) is 2. The maximum Gasteiger partial charge on any atom is 0.204 e. The Labute approximate surface area is 194 Å². The average Bonchev–Trinajstić information content (AvgIpc) is 3.33. The van der Waals surface area contributed by atoms with E-state index in [1.807, 2.05) is 45.0 Å². The number of hydrogen-bond acceptors (Lipinski definition) is 7. The molecule has 0 saturated carbocycles. The Hall–Kier alpha value is -3.42. The van der Waals surface area contributed by atoms with Gasteiger partial charge in [0.15, 0.2) is 5.78 Å². The predicted molar refractivity (Wildman–Crippen MR) is 126 cm³/mol. The van der Waals surface area contributed by atoms with Crippen LogP contribution < -0.4 is 9.47 Å². The highest BCUT2D eigenvalue weighted by Crippen LogP contribution is 2.34. The normalized spacial score (nSPS) is 11.0. The number of Topliss-reactive ketones (excluding diaryl/α,β-unsaturated/α-hetero) is 1. The van der Waals surface area contributed by atoms with Crippen LogP contribution in [0.3, 0.4) is 0 Å². The number of aromatic nitrogens is 4. The maximum absolute atomic E-state index is 12.5. The van der Waals surface area contributed by atoms with Gasteiger partial charge < -0.3 is 14.6 Å². The summed E-state index contributed by atoms with van der Waals surface area (Å²) in [6.07, 6.45) is 3.53. The quantitative estimate of drug-likeness (QED) is 0.278. The number of ketones is 1. The van der Waals surface area contributed by atoms with E-state index in [0.717, 1.165) is 30.6 Å². The number of H-pyrrole nitrogens is 1. The van der Waals surface area contributed by atoms with Gasteiger partial charge in [-0.05, 0) is 54.7 Å². The van der Waals surface area contributed by atoms with Crippen LogP contribution in [0.4, 0.5) is 0 Å². The second-order valence-electron chi connectivity index (χ2n) is 8.38. The molecular weight excluding hydrogens is 420 g/mol. The third-order valence-electron chi connectivity index (χ3n) is 5.14. The first kappa shape index (κ1) is 24.2. The molecule has 0 aliphatic rings. The van der Waals surface area contributed by atoms with E-state index in [1.165, 1.54) is 0 Å². The van der Waals surface area contributed by atoms with Gasteiger partial charge in [-0.15, -0.1) is 10.2 Å². The molecule has 0 amide bonds. The van der Waals surface area contributed by atoms with Crippen molar-refractivity contribution in [2.75, 3.05) is 13.2 Å². The fourth-order valence-corrected chi connectivity index (χ4v) is 3.54. The molecule has 0 atom stereocenters. The fraction of sp³-hybridized carbons (Fsp3) is 0.440. The van der Waals surface area contributed by atoms with E-state index in [2.05, 4.69) is 20.6 Å². The first-order chi connectivity index (χ1) is 16.0. The smallest absolute Gasteiger partial charge is 0.204 e. The standard InChI is InChI=1S/C25H32N4O4/c1-4-8-21-23(12-11-20(24(21)31)22(30)15-17(2)3)33-14-6-5-13-32-19-10-7-9-18(16-19)25-26-28-29-27-25/h7,9-12,16-17,31H,4-6,8,13-15H2,1-3H3,(H,26,27,28,29). The SMILES string of the molecule is CCCc1c(OCCCCOc2cccc(-c3nn[nH]n3)c2)ccc(C(=O)CC(C)C)c1O. The minimum atomic E-state index is -0.0352. The van der Waals surface area contributed by atoms with Crippen molar-refractivity contribution < 1.29 is 19.4 Å². The summed E-state index contributed by atoms with van der Waals surface area (Å²) in [5, 5.41) is 24.7. The van der Waals surface area contributed by atoms with Gasteiger partial charge in [0.25, 0.3) is 0 Å². The molecule has 1 heterocycles. The van der Waals surface area contributed by atoms with Gasteiger partial charge in [0.1, 0.15) is 17.2 Å². The molecule has 33 heavy (non-hydrogen) atoms. The lowest BCUT2D eigenvalue weighted by molar-refractivity contribution is 0.0965. The van der Waals surface area contributed by atoms with E-state index in [4.69, 9.17) is 9.47 Å². The van der Waals surface area contributed by atoms with Crippen LogP contribution in [0.1, 0.15) is 62.4 Å². The molecule has 8 nitrogen and oxygen atoms in total. The first-order valence-electron chi connectivity index (χ1n) is 11.5. The van der Waals surface area contributed by atoms with Crippen molar-refractivity contribution in [2.45, 2.75) is 52.9 Å². The van der Waals surface area contributed by atoms with E-state index in [9.17, 15) is 9.90 Å². The van der Waals surface area contributed by atoms with Crippen molar-refractivity contribution in [3.8, 4) is 28.6 Å². The van der Waals surface area contributed by atoms with Crippen LogP contribution in [0, 0.1) is 5.92 Å². The van der Waals surface area contributed by atoms with Gasteiger partial charge in [0, 0.05) is 17.5 Å². The summed E-state index contributed by atoms with van der Waals surface area (Å²) in [6.45, 7) is 7.08. The third kappa shape index (κ3) is 6.78. The second kappa shape index (κ2) is 12.0. The zero-order valence-electron chi connectivity index (χ0n) is 19.5. The Morgan fingerprint density at radius 3 is 2.61 bits per heavy atom. The van der Waals surface area contributed by atoms with Crippen LogP contribution in [0.2, 0.25) is 0 Å². The Morgan fingerprint density at radius 2 is 1.91 bits per heavy atom. The number of rotatable bonds is 13. The molecule has 3 rings (SSSR count). The number of carbonyl (C=O) groups excluding carboxylic acids is 1. The van der Waals surface area contributed by atoms with Crippen LogP contribution in [0.5, 0.6) is 17.2 Å². The van der Waals surface area contributed by atoms with Gasteiger partial charge in [0.05, 0.1) is 18.8 Å². The fourth-order valence-electron chi connectivity index (χ4n) is 3.54. The first-order valence-corrected chi connectivity index (χ1v) is 11.5. The van der Waals surface area contributed by atoms with Crippen molar-refractivity contribution in [1.29, 1.82) is 0 Å². The second-order valence-corrected chi connectivity index (χ2v) is 8.38. The van der Waals surface area contributed by atoms with E-state index in [-0.39, 0.29) is 17.5 Å². The largest absolute Gasteiger partial charge is 0.507 e. The van der Waals surface area contributed by atoms with Crippen molar-refractivity contribution in [1.82, 2.24) is 20.6 Å². The number of aromatic hydroxyl groups is 1. The summed E-state index contributed by atoms with van der Waals surface area (Å²) in [4.78, 5) is 12.5. The maximum atomic E-state index is 12.5. The monoisotopic (exact) mass is 452 g/mol. The lowest BCUT2D eigenvalue weighted by Gasteiger charge is -2.16. The van der Waals surface area contributed by atoms with Crippen LogP contribution in [-0.2, 0) is 6.42 Å². The minimum absolute atomic E-state index is 0.0352. The predicted octanol–water partition coefficient (Wildman–Crippen LogP) is 4.99. The molecule has 0 spiro atoms. The van der Waals surface area contributed by atoms with Gasteiger partial charge in [-0.25, -0.2) is 0 Å². The molecule has 0 unspecified atom stereocenters. The van der Waals surface area contributed by atoms with Gasteiger partial charge in [-0.1, -0.05) is 39.3 Å².